The summed E-state index contributed by atoms with van der Waals surface area (Å²) in [6.45, 7) is 4.36. The van der Waals surface area contributed by atoms with Gasteiger partial charge in [0.2, 0.25) is 0 Å². The fourth-order valence-corrected chi connectivity index (χ4v) is 3.00. The van der Waals surface area contributed by atoms with Gasteiger partial charge in [-0.3, -0.25) is 0 Å². The molecule has 1 N–H and O–H groups in total. The van der Waals surface area contributed by atoms with Crippen LogP contribution in [-0.2, 0) is 4.74 Å². The van der Waals surface area contributed by atoms with Crippen molar-refractivity contribution in [2.24, 2.45) is 5.92 Å². The van der Waals surface area contributed by atoms with Crippen LogP contribution >= 0.6 is 0 Å². The van der Waals surface area contributed by atoms with Crippen LogP contribution in [0.4, 0.5) is 0 Å². The highest BCUT2D eigenvalue weighted by Crippen LogP contribution is 2.20. The first-order chi connectivity index (χ1) is 9.33. The first kappa shape index (κ1) is 14.5. The molecule has 106 valence electrons. The minimum atomic E-state index is 0.419. The molecule has 2 unspecified atom stereocenters. The fourth-order valence-electron chi connectivity index (χ4n) is 3.00. The maximum absolute atomic E-state index is 5.30. The summed E-state index contributed by atoms with van der Waals surface area (Å²) >= 11 is 0. The summed E-state index contributed by atoms with van der Waals surface area (Å²) in [4.78, 5) is 2.57. The number of likely N-dealkylation sites (tertiary alicyclic amines) is 1. The summed E-state index contributed by atoms with van der Waals surface area (Å²) < 4.78 is 5.30. The molecule has 1 fully saturated rings. The molecule has 1 aliphatic rings. The first-order valence-electron chi connectivity index (χ1n) is 7.27. The molecule has 0 aromatic heterocycles. The van der Waals surface area contributed by atoms with Crippen LogP contribution in [0.25, 0.3) is 0 Å². The van der Waals surface area contributed by atoms with Crippen LogP contribution in [0.1, 0.15) is 24.4 Å². The summed E-state index contributed by atoms with van der Waals surface area (Å²) in [5.41, 5.74) is 1.37. The van der Waals surface area contributed by atoms with Crippen molar-refractivity contribution < 1.29 is 4.74 Å². The van der Waals surface area contributed by atoms with E-state index in [1.165, 1.54) is 31.5 Å². The van der Waals surface area contributed by atoms with E-state index in [-0.39, 0.29) is 0 Å². The Morgan fingerprint density at radius 1 is 1.37 bits per heavy atom. The highest BCUT2D eigenvalue weighted by molar-refractivity contribution is 5.19. The van der Waals surface area contributed by atoms with Crippen molar-refractivity contribution in [2.75, 3.05) is 40.4 Å². The Morgan fingerprint density at radius 2 is 2.16 bits per heavy atom. The maximum Gasteiger partial charge on any atom is 0.0502 e. The molecule has 2 rings (SSSR count). The van der Waals surface area contributed by atoms with Crippen LogP contribution in [0, 0.1) is 5.92 Å². The Morgan fingerprint density at radius 3 is 2.84 bits per heavy atom. The minimum absolute atomic E-state index is 0.419. The summed E-state index contributed by atoms with van der Waals surface area (Å²) in [6, 6.07) is 11.1. The molecular formula is C16H26N2O. The van der Waals surface area contributed by atoms with Crippen LogP contribution in [0.3, 0.4) is 0 Å². The van der Waals surface area contributed by atoms with Crippen molar-refractivity contribution in [3.8, 4) is 0 Å². The third-order valence-electron chi connectivity index (χ3n) is 4.00. The normalized spacial score (nSPS) is 22.3. The first-order valence-corrected chi connectivity index (χ1v) is 7.27. The van der Waals surface area contributed by atoms with Crippen LogP contribution in [0.15, 0.2) is 30.3 Å². The number of ether oxygens (including phenoxy) is 1. The zero-order valence-corrected chi connectivity index (χ0v) is 12.1. The number of benzene rings is 1. The Hall–Kier alpha value is -0.900. The molecule has 3 heteroatoms. The summed E-state index contributed by atoms with van der Waals surface area (Å²) in [5.74, 6) is 0.701. The van der Waals surface area contributed by atoms with E-state index in [4.69, 9.17) is 4.74 Å². The van der Waals surface area contributed by atoms with Gasteiger partial charge < -0.3 is 15.0 Å². The number of rotatable bonds is 6. The van der Waals surface area contributed by atoms with E-state index in [0.29, 0.717) is 12.0 Å². The number of hydrogen-bond acceptors (Lipinski definition) is 3. The lowest BCUT2D eigenvalue weighted by Crippen LogP contribution is -2.41. The summed E-state index contributed by atoms with van der Waals surface area (Å²) in [7, 11) is 3.85. The minimum Gasteiger partial charge on any atom is -0.384 e. The van der Waals surface area contributed by atoms with Gasteiger partial charge in [0, 0.05) is 26.2 Å². The Kier molecular flexibility index (Phi) is 5.83. The predicted molar refractivity (Wildman–Crippen MR) is 79.3 cm³/mol. The van der Waals surface area contributed by atoms with Crippen LogP contribution < -0.4 is 5.32 Å². The molecule has 1 saturated heterocycles. The number of nitrogens with one attached hydrogen (secondary N) is 1. The van der Waals surface area contributed by atoms with Gasteiger partial charge in [0.15, 0.2) is 0 Å². The van der Waals surface area contributed by atoms with Gasteiger partial charge in [-0.15, -0.1) is 0 Å². The smallest absolute Gasteiger partial charge is 0.0502 e. The van der Waals surface area contributed by atoms with Gasteiger partial charge in [-0.25, -0.2) is 0 Å². The van der Waals surface area contributed by atoms with Gasteiger partial charge in [-0.1, -0.05) is 30.3 Å². The fraction of sp³-hybridized carbons (Fsp3) is 0.625. The summed E-state index contributed by atoms with van der Waals surface area (Å²) in [6.07, 6.45) is 2.60. The number of likely N-dealkylation sites (N-methyl/N-ethyl adjacent to an activating group) is 1. The number of piperidine rings is 1. The van der Waals surface area contributed by atoms with E-state index in [2.05, 4.69) is 40.5 Å². The van der Waals surface area contributed by atoms with E-state index in [1.54, 1.807) is 7.11 Å². The van der Waals surface area contributed by atoms with Gasteiger partial charge in [0.05, 0.1) is 6.61 Å². The molecule has 1 aliphatic heterocycles. The van der Waals surface area contributed by atoms with Crippen molar-refractivity contribution in [1.82, 2.24) is 10.2 Å². The topological polar surface area (TPSA) is 24.5 Å². The van der Waals surface area contributed by atoms with E-state index < -0.39 is 0 Å². The quantitative estimate of drug-likeness (QED) is 0.851. The second-order valence-corrected chi connectivity index (χ2v) is 5.48. The molecule has 1 aromatic rings. The van der Waals surface area contributed by atoms with E-state index in [1.807, 2.05) is 7.05 Å². The lowest BCUT2D eigenvalue weighted by Gasteiger charge is -2.34. The maximum atomic E-state index is 5.30. The molecule has 0 amide bonds. The van der Waals surface area contributed by atoms with E-state index in [9.17, 15) is 0 Å². The molecule has 0 spiro atoms. The molecule has 2 atom stereocenters. The molecule has 0 bridgehead atoms. The van der Waals surface area contributed by atoms with Crippen molar-refractivity contribution >= 4 is 0 Å². The highest BCUT2D eigenvalue weighted by Gasteiger charge is 2.22. The van der Waals surface area contributed by atoms with E-state index in [0.717, 1.165) is 13.2 Å². The molecule has 0 saturated carbocycles. The molecule has 19 heavy (non-hydrogen) atoms. The van der Waals surface area contributed by atoms with E-state index >= 15 is 0 Å². The number of hydrogen-bond donors (Lipinski definition) is 1. The highest BCUT2D eigenvalue weighted by atomic mass is 16.5. The van der Waals surface area contributed by atoms with Crippen molar-refractivity contribution in [2.45, 2.75) is 18.9 Å². The average Bonchev–Trinajstić information content (AvgIpc) is 2.46. The molecular weight excluding hydrogens is 236 g/mol. The largest absolute Gasteiger partial charge is 0.384 e. The van der Waals surface area contributed by atoms with Gasteiger partial charge in [-0.2, -0.15) is 0 Å². The molecule has 1 aromatic carbocycles. The average molecular weight is 262 g/mol. The van der Waals surface area contributed by atoms with Gasteiger partial charge in [0.25, 0.3) is 0 Å². The Balaban J connectivity index is 1.91. The molecule has 1 heterocycles. The lowest BCUT2D eigenvalue weighted by molar-refractivity contribution is 0.0861. The van der Waals surface area contributed by atoms with Gasteiger partial charge in [-0.05, 0) is 37.9 Å². The zero-order valence-electron chi connectivity index (χ0n) is 12.1. The SMILES string of the molecule is CNC(CN1CCCC(COC)C1)c1ccccc1. The zero-order chi connectivity index (χ0) is 13.5. The standard InChI is InChI=1S/C16H26N2O/c1-17-16(15-8-4-3-5-9-15)12-18-10-6-7-14(11-18)13-19-2/h3-5,8-9,14,16-17H,6-7,10-13H2,1-2H3. The summed E-state index contributed by atoms with van der Waals surface area (Å²) in [5, 5.41) is 3.44. The lowest BCUT2D eigenvalue weighted by atomic mass is 9.97. The Bertz CT molecular complexity index is 353. The molecule has 0 aliphatic carbocycles. The van der Waals surface area contributed by atoms with Crippen LogP contribution in [-0.4, -0.2) is 45.3 Å². The van der Waals surface area contributed by atoms with Crippen molar-refractivity contribution in [3.63, 3.8) is 0 Å². The van der Waals surface area contributed by atoms with Crippen LogP contribution in [0.2, 0.25) is 0 Å². The predicted octanol–water partition coefficient (Wildman–Crippen LogP) is 2.31. The molecule has 0 radical (unpaired) electrons. The second kappa shape index (κ2) is 7.63. The second-order valence-electron chi connectivity index (χ2n) is 5.48. The molecule has 3 nitrogen and oxygen atoms in total. The monoisotopic (exact) mass is 262 g/mol. The van der Waals surface area contributed by atoms with Gasteiger partial charge >= 0.3 is 0 Å². The van der Waals surface area contributed by atoms with Crippen LogP contribution in [0.5, 0.6) is 0 Å². The van der Waals surface area contributed by atoms with Crippen molar-refractivity contribution in [1.29, 1.82) is 0 Å². The van der Waals surface area contributed by atoms with Crippen molar-refractivity contribution in [3.05, 3.63) is 35.9 Å². The number of methoxy groups -OCH3 is 1. The number of nitrogens with zero attached hydrogens (tertiary/aromatic N) is 1. The Labute approximate surface area is 116 Å². The third kappa shape index (κ3) is 4.30. The third-order valence-corrected chi connectivity index (χ3v) is 4.00. The van der Waals surface area contributed by atoms with Gasteiger partial charge in [0.1, 0.15) is 0 Å².